The second-order valence-electron chi connectivity index (χ2n) is 7.10. The molecule has 2 aromatic rings. The second kappa shape index (κ2) is 8.02. The molecule has 2 heterocycles. The lowest BCUT2D eigenvalue weighted by atomic mass is 9.97. The van der Waals surface area contributed by atoms with Crippen LogP contribution in [0, 0.1) is 18.7 Å². The van der Waals surface area contributed by atoms with E-state index in [1.165, 1.54) is 23.9 Å². The summed E-state index contributed by atoms with van der Waals surface area (Å²) in [6.07, 6.45) is 2.75. The molecule has 2 aliphatic heterocycles. The van der Waals surface area contributed by atoms with Gasteiger partial charge in [0.1, 0.15) is 17.3 Å². The first-order valence-corrected chi connectivity index (χ1v) is 11.6. The number of ether oxygens (including phenoxy) is 2. The van der Waals surface area contributed by atoms with Gasteiger partial charge in [0.15, 0.2) is 0 Å². The van der Waals surface area contributed by atoms with Crippen molar-refractivity contribution in [3.05, 3.63) is 41.7 Å². The molecule has 0 radical (unpaired) electrons. The molecule has 28 heavy (non-hydrogen) atoms. The number of rotatable bonds is 5. The molecule has 150 valence electrons. The van der Waals surface area contributed by atoms with Gasteiger partial charge < -0.3 is 9.47 Å². The van der Waals surface area contributed by atoms with Gasteiger partial charge in [0, 0.05) is 19.8 Å². The standard InChI is InChI=1S/C20H22FNO4S2/c1-13-10-17-19(27-18-11-15(21)2-3-16(18)26-17)12-20(13)28(23,24)22-7-4-14-5-8-25-9-6-14/h2-3,10-12,14,22H,4-9H2,1H3. The minimum Gasteiger partial charge on any atom is -0.455 e. The molecule has 4 rings (SSSR count). The lowest BCUT2D eigenvalue weighted by Gasteiger charge is -2.23. The predicted octanol–water partition coefficient (Wildman–Crippen LogP) is 4.49. The Morgan fingerprint density at radius 3 is 2.68 bits per heavy atom. The third-order valence-electron chi connectivity index (χ3n) is 5.06. The lowest BCUT2D eigenvalue weighted by Crippen LogP contribution is -2.28. The van der Waals surface area contributed by atoms with Gasteiger partial charge in [-0.2, -0.15) is 0 Å². The number of benzene rings is 2. The Morgan fingerprint density at radius 2 is 1.89 bits per heavy atom. The van der Waals surface area contributed by atoms with E-state index < -0.39 is 10.0 Å². The van der Waals surface area contributed by atoms with Gasteiger partial charge >= 0.3 is 0 Å². The molecule has 0 bridgehead atoms. The van der Waals surface area contributed by atoms with Crippen molar-refractivity contribution in [3.8, 4) is 11.5 Å². The predicted molar refractivity (Wildman–Crippen MR) is 105 cm³/mol. The molecule has 2 aliphatic rings. The summed E-state index contributed by atoms with van der Waals surface area (Å²) in [5, 5.41) is 0. The van der Waals surface area contributed by atoms with Crippen LogP contribution in [-0.2, 0) is 14.8 Å². The normalized spacial score (nSPS) is 16.9. The number of aryl methyl sites for hydroxylation is 1. The molecule has 0 aromatic heterocycles. The maximum atomic E-state index is 13.5. The molecular weight excluding hydrogens is 401 g/mol. The molecule has 1 N–H and O–H groups in total. The molecule has 0 atom stereocenters. The molecule has 5 nitrogen and oxygen atoms in total. The number of nitrogens with one attached hydrogen (secondary N) is 1. The number of fused-ring (bicyclic) bond motifs is 2. The van der Waals surface area contributed by atoms with Crippen molar-refractivity contribution in [3.63, 3.8) is 0 Å². The Hall–Kier alpha value is -1.61. The van der Waals surface area contributed by atoms with Crippen molar-refractivity contribution < 1.29 is 22.3 Å². The maximum absolute atomic E-state index is 13.5. The molecule has 0 amide bonds. The van der Waals surface area contributed by atoms with E-state index in [2.05, 4.69) is 4.72 Å². The van der Waals surface area contributed by atoms with Crippen molar-refractivity contribution in [2.24, 2.45) is 5.92 Å². The zero-order valence-corrected chi connectivity index (χ0v) is 17.2. The van der Waals surface area contributed by atoms with Gasteiger partial charge in [-0.3, -0.25) is 0 Å². The summed E-state index contributed by atoms with van der Waals surface area (Å²) >= 11 is 1.31. The van der Waals surface area contributed by atoms with Gasteiger partial charge in [-0.05, 0) is 68.0 Å². The summed E-state index contributed by atoms with van der Waals surface area (Å²) in [4.78, 5) is 1.52. The SMILES string of the molecule is Cc1cc2c(cc1S(=O)(=O)NCCC1CCOCC1)Sc1cc(F)ccc1O2. The number of hydrogen-bond donors (Lipinski definition) is 1. The van der Waals surface area contributed by atoms with Gasteiger partial charge in [0.05, 0.1) is 14.7 Å². The van der Waals surface area contributed by atoms with Crippen LogP contribution in [0.3, 0.4) is 0 Å². The smallest absolute Gasteiger partial charge is 0.240 e. The van der Waals surface area contributed by atoms with Crippen molar-refractivity contribution in [2.75, 3.05) is 19.8 Å². The summed E-state index contributed by atoms with van der Waals surface area (Å²) < 4.78 is 53.1. The lowest BCUT2D eigenvalue weighted by molar-refractivity contribution is 0.0644. The minimum atomic E-state index is -3.63. The Labute approximate surface area is 168 Å². The second-order valence-corrected chi connectivity index (χ2v) is 9.92. The van der Waals surface area contributed by atoms with Crippen molar-refractivity contribution >= 4 is 21.8 Å². The molecule has 1 saturated heterocycles. The first kappa shape index (κ1) is 19.7. The average molecular weight is 424 g/mol. The monoisotopic (exact) mass is 423 g/mol. The summed E-state index contributed by atoms with van der Waals surface area (Å²) in [6, 6.07) is 7.65. The van der Waals surface area contributed by atoms with Crippen LogP contribution in [0.15, 0.2) is 45.0 Å². The van der Waals surface area contributed by atoms with Gasteiger partial charge in [0.2, 0.25) is 10.0 Å². The maximum Gasteiger partial charge on any atom is 0.240 e. The highest BCUT2D eigenvalue weighted by Crippen LogP contribution is 2.48. The van der Waals surface area contributed by atoms with Gasteiger partial charge in [0.25, 0.3) is 0 Å². The zero-order chi connectivity index (χ0) is 19.7. The van der Waals surface area contributed by atoms with E-state index in [1.54, 1.807) is 25.1 Å². The molecule has 0 saturated carbocycles. The van der Waals surface area contributed by atoms with Gasteiger partial charge in [-0.15, -0.1) is 0 Å². The van der Waals surface area contributed by atoms with Gasteiger partial charge in [-0.25, -0.2) is 17.5 Å². The van der Waals surface area contributed by atoms with Crippen molar-refractivity contribution in [1.82, 2.24) is 4.72 Å². The van der Waals surface area contributed by atoms with Crippen LogP contribution in [0.4, 0.5) is 4.39 Å². The van der Waals surface area contributed by atoms with E-state index in [4.69, 9.17) is 9.47 Å². The van der Waals surface area contributed by atoms with E-state index in [-0.39, 0.29) is 10.7 Å². The molecule has 0 unspecified atom stereocenters. The van der Waals surface area contributed by atoms with Crippen molar-refractivity contribution in [2.45, 2.75) is 40.9 Å². The van der Waals surface area contributed by atoms with Crippen LogP contribution in [-0.4, -0.2) is 28.2 Å². The first-order valence-electron chi connectivity index (χ1n) is 9.30. The van der Waals surface area contributed by atoms with Crippen molar-refractivity contribution in [1.29, 1.82) is 0 Å². The Bertz CT molecular complexity index is 988. The van der Waals surface area contributed by atoms with E-state index in [9.17, 15) is 12.8 Å². The Kier molecular flexibility index (Phi) is 5.64. The number of sulfonamides is 1. The summed E-state index contributed by atoms with van der Waals surface area (Å²) in [5.41, 5.74) is 0.614. The average Bonchev–Trinajstić information content (AvgIpc) is 2.66. The molecule has 8 heteroatoms. The highest BCUT2D eigenvalue weighted by atomic mass is 32.2. The number of halogens is 1. The fraction of sp³-hybridized carbons (Fsp3) is 0.400. The Morgan fingerprint density at radius 1 is 1.14 bits per heavy atom. The summed E-state index contributed by atoms with van der Waals surface area (Å²) in [7, 11) is -3.63. The van der Waals surface area contributed by atoms with Crippen LogP contribution >= 0.6 is 11.8 Å². The number of hydrogen-bond acceptors (Lipinski definition) is 5. The van der Waals surface area contributed by atoms with Crippen LogP contribution in [0.25, 0.3) is 0 Å². The van der Waals surface area contributed by atoms with Gasteiger partial charge in [-0.1, -0.05) is 11.8 Å². The largest absolute Gasteiger partial charge is 0.455 e. The Balaban J connectivity index is 1.51. The fourth-order valence-corrected chi connectivity index (χ4v) is 5.85. The van der Waals surface area contributed by atoms with Crippen LogP contribution in [0.5, 0.6) is 11.5 Å². The quantitative estimate of drug-likeness (QED) is 0.655. The third-order valence-corrected chi connectivity index (χ3v) is 7.74. The molecule has 0 spiro atoms. The minimum absolute atomic E-state index is 0.231. The summed E-state index contributed by atoms with van der Waals surface area (Å²) in [5.74, 6) is 1.30. The van der Waals surface area contributed by atoms with E-state index in [0.717, 1.165) is 32.5 Å². The topological polar surface area (TPSA) is 64.6 Å². The summed E-state index contributed by atoms with van der Waals surface area (Å²) in [6.45, 7) is 3.66. The van der Waals surface area contributed by atoms with E-state index in [0.29, 0.717) is 39.3 Å². The molecular formula is C20H22FNO4S2. The third kappa shape index (κ3) is 4.20. The first-order chi connectivity index (χ1) is 13.4. The van der Waals surface area contributed by atoms with Crippen LogP contribution in [0.2, 0.25) is 0 Å². The molecule has 1 fully saturated rings. The highest BCUT2D eigenvalue weighted by Gasteiger charge is 2.25. The molecule has 0 aliphatic carbocycles. The highest BCUT2D eigenvalue weighted by molar-refractivity contribution is 7.99. The van der Waals surface area contributed by atoms with Crippen LogP contribution < -0.4 is 9.46 Å². The van der Waals surface area contributed by atoms with Crippen LogP contribution in [0.1, 0.15) is 24.8 Å². The van der Waals surface area contributed by atoms with E-state index >= 15 is 0 Å². The van der Waals surface area contributed by atoms with E-state index in [1.807, 2.05) is 0 Å². The molecule has 2 aromatic carbocycles. The fourth-order valence-electron chi connectivity index (χ4n) is 3.49. The zero-order valence-electron chi connectivity index (χ0n) is 15.5.